The summed E-state index contributed by atoms with van der Waals surface area (Å²) >= 11 is 0. The van der Waals surface area contributed by atoms with Crippen LogP contribution in [0.2, 0.25) is 0 Å². The van der Waals surface area contributed by atoms with Crippen molar-refractivity contribution in [1.82, 2.24) is 10.3 Å². The molecular weight excluding hydrogens is 533 g/mol. The highest BCUT2D eigenvalue weighted by molar-refractivity contribution is 5.98. The van der Waals surface area contributed by atoms with Crippen LogP contribution in [-0.2, 0) is 31.6 Å². The minimum absolute atomic E-state index is 0.0382. The van der Waals surface area contributed by atoms with E-state index in [2.05, 4.69) is 17.2 Å². The minimum Gasteiger partial charge on any atom is -0.503 e. The Kier molecular flexibility index (Phi) is 11.1. The van der Waals surface area contributed by atoms with Crippen molar-refractivity contribution in [2.75, 3.05) is 26.9 Å². The van der Waals surface area contributed by atoms with Crippen molar-refractivity contribution in [2.45, 2.75) is 64.0 Å². The molecule has 1 aromatic carbocycles. The highest BCUT2D eigenvalue weighted by Crippen LogP contribution is 2.31. The zero-order chi connectivity index (χ0) is 29.3. The topological polar surface area (TPSA) is 116 Å². The van der Waals surface area contributed by atoms with E-state index in [0.29, 0.717) is 18.6 Å². The number of ether oxygens (including phenoxy) is 4. The first-order chi connectivity index (χ1) is 19.0. The molecule has 1 saturated heterocycles. The van der Waals surface area contributed by atoms with Crippen molar-refractivity contribution < 1.29 is 46.8 Å². The lowest BCUT2D eigenvalue weighted by atomic mass is 9.91. The van der Waals surface area contributed by atoms with Crippen LogP contribution < -0.4 is 10.1 Å². The molecule has 12 heteroatoms. The molecule has 1 aromatic heterocycles. The van der Waals surface area contributed by atoms with Crippen LogP contribution in [0.15, 0.2) is 36.5 Å². The molecule has 2 heterocycles. The number of rotatable bonds is 10. The van der Waals surface area contributed by atoms with Gasteiger partial charge in [-0.15, -0.1) is 0 Å². The smallest absolute Gasteiger partial charge is 0.416 e. The third-order valence-electron chi connectivity index (χ3n) is 6.60. The van der Waals surface area contributed by atoms with E-state index in [0.717, 1.165) is 31.4 Å². The van der Waals surface area contributed by atoms with Gasteiger partial charge in [0.1, 0.15) is 6.10 Å². The number of unbranched alkanes of at least 4 members (excludes halogenated alkanes) is 2. The lowest BCUT2D eigenvalue weighted by Gasteiger charge is -2.31. The molecule has 0 bridgehead atoms. The molecule has 40 heavy (non-hydrogen) atoms. The molecule has 0 aliphatic carbocycles. The second-order valence-electron chi connectivity index (χ2n) is 9.62. The Morgan fingerprint density at radius 2 is 1.90 bits per heavy atom. The summed E-state index contributed by atoms with van der Waals surface area (Å²) < 4.78 is 61.7. The number of benzene rings is 1. The Balaban J connectivity index is 1.78. The number of alkyl halides is 3. The van der Waals surface area contributed by atoms with Crippen molar-refractivity contribution in [3.8, 4) is 11.5 Å². The predicted molar refractivity (Wildman–Crippen MR) is 138 cm³/mol. The van der Waals surface area contributed by atoms with Gasteiger partial charge in [0.25, 0.3) is 5.91 Å². The molecule has 1 aliphatic heterocycles. The number of esters is 1. The number of methoxy groups -OCH3 is 1. The first-order valence-corrected chi connectivity index (χ1v) is 13.1. The minimum atomic E-state index is -4.44. The van der Waals surface area contributed by atoms with Gasteiger partial charge in [-0.3, -0.25) is 4.79 Å². The highest BCUT2D eigenvalue weighted by Gasteiger charge is 2.36. The summed E-state index contributed by atoms with van der Waals surface area (Å²) in [5.41, 5.74) is -0.435. The van der Waals surface area contributed by atoms with E-state index in [4.69, 9.17) is 18.9 Å². The molecule has 3 rings (SSSR count). The maximum atomic E-state index is 13.0. The van der Waals surface area contributed by atoms with Gasteiger partial charge in [0.2, 0.25) is 0 Å². The zero-order valence-corrected chi connectivity index (χ0v) is 22.7. The van der Waals surface area contributed by atoms with Crippen LogP contribution >= 0.6 is 0 Å². The van der Waals surface area contributed by atoms with Crippen molar-refractivity contribution >= 4 is 11.9 Å². The number of nitrogens with one attached hydrogen (secondary N) is 1. The first kappa shape index (κ1) is 31.2. The molecule has 9 nitrogen and oxygen atoms in total. The average molecular weight is 569 g/mol. The second kappa shape index (κ2) is 14.3. The molecule has 1 amide bonds. The Labute approximate surface area is 231 Å². The largest absolute Gasteiger partial charge is 0.503 e. The summed E-state index contributed by atoms with van der Waals surface area (Å²) in [5.74, 6) is -2.40. The molecule has 1 fully saturated rings. The SMILES string of the molecule is CCCCCO[C@@H]1[C@@H](Cc2ccc(C(F)(F)F)cc2)COC[C@H](NC(=O)c2nccc(OC)c2O)C(=O)O[C@H]1C. The van der Waals surface area contributed by atoms with Gasteiger partial charge in [0, 0.05) is 24.8 Å². The fourth-order valence-corrected chi connectivity index (χ4v) is 4.46. The fourth-order valence-electron chi connectivity index (χ4n) is 4.46. The van der Waals surface area contributed by atoms with Crippen LogP contribution in [0.1, 0.15) is 54.7 Å². The number of amides is 1. The summed E-state index contributed by atoms with van der Waals surface area (Å²) in [6, 6.07) is 5.04. The number of pyridine rings is 1. The van der Waals surface area contributed by atoms with Crippen LogP contribution in [0.4, 0.5) is 13.2 Å². The number of hydrogen-bond acceptors (Lipinski definition) is 8. The van der Waals surface area contributed by atoms with Crippen molar-refractivity contribution in [3.63, 3.8) is 0 Å². The quantitative estimate of drug-likeness (QED) is 0.322. The first-order valence-electron chi connectivity index (χ1n) is 13.1. The summed E-state index contributed by atoms with van der Waals surface area (Å²) in [6.45, 7) is 3.98. The Morgan fingerprint density at radius 3 is 2.55 bits per heavy atom. The third kappa shape index (κ3) is 8.31. The van der Waals surface area contributed by atoms with E-state index < -0.39 is 47.6 Å². The second-order valence-corrected chi connectivity index (χ2v) is 9.62. The van der Waals surface area contributed by atoms with Gasteiger partial charge < -0.3 is 29.4 Å². The number of hydrogen-bond donors (Lipinski definition) is 2. The molecule has 2 aromatic rings. The lowest BCUT2D eigenvalue weighted by Crippen LogP contribution is -2.46. The van der Waals surface area contributed by atoms with Crippen LogP contribution in [0, 0.1) is 5.92 Å². The van der Waals surface area contributed by atoms with Crippen molar-refractivity contribution in [2.24, 2.45) is 5.92 Å². The zero-order valence-electron chi connectivity index (χ0n) is 22.7. The number of aromatic hydroxyl groups is 1. The highest BCUT2D eigenvalue weighted by atomic mass is 19.4. The molecule has 0 unspecified atom stereocenters. The van der Waals surface area contributed by atoms with Gasteiger partial charge in [-0.05, 0) is 37.5 Å². The number of cyclic esters (lactones) is 1. The van der Waals surface area contributed by atoms with E-state index in [1.54, 1.807) is 6.92 Å². The van der Waals surface area contributed by atoms with Gasteiger partial charge in [0.15, 0.2) is 23.2 Å². The summed E-state index contributed by atoms with van der Waals surface area (Å²) in [4.78, 5) is 29.7. The summed E-state index contributed by atoms with van der Waals surface area (Å²) in [5, 5.41) is 12.7. The third-order valence-corrected chi connectivity index (χ3v) is 6.60. The number of carbonyl (C=O) groups is 2. The standard InChI is InChI=1S/C28H35F3N2O7/c1-4-5-6-13-39-25-17(2)40-27(36)21(33-26(35)23-24(34)22(37-3)11-12-32-23)16-38-15-19(25)14-18-7-9-20(10-8-18)28(29,30)31/h7-12,17,19,21,25,34H,4-6,13-16H2,1-3H3,(H,33,35)/t17-,19-,21-,25-/m0/s1. The average Bonchev–Trinajstić information content (AvgIpc) is 2.96. The number of carbonyl (C=O) groups excluding carboxylic acids is 2. The Morgan fingerprint density at radius 1 is 1.18 bits per heavy atom. The number of nitrogens with zero attached hydrogens (tertiary/aromatic N) is 1. The molecule has 1 aliphatic rings. The van der Waals surface area contributed by atoms with Crippen molar-refractivity contribution in [1.29, 1.82) is 0 Å². The Hall–Kier alpha value is -3.38. The van der Waals surface area contributed by atoms with Crippen LogP contribution in [0.3, 0.4) is 0 Å². The van der Waals surface area contributed by atoms with Gasteiger partial charge >= 0.3 is 12.1 Å². The molecule has 220 valence electrons. The van der Waals surface area contributed by atoms with Crippen LogP contribution in [0.5, 0.6) is 11.5 Å². The van der Waals surface area contributed by atoms with E-state index in [1.165, 1.54) is 31.5 Å². The molecule has 4 atom stereocenters. The maximum Gasteiger partial charge on any atom is 0.416 e. The molecule has 2 N–H and O–H groups in total. The van der Waals surface area contributed by atoms with Gasteiger partial charge in [-0.2, -0.15) is 13.2 Å². The van der Waals surface area contributed by atoms with E-state index in [1.807, 2.05) is 0 Å². The maximum absolute atomic E-state index is 13.0. The summed E-state index contributed by atoms with van der Waals surface area (Å²) in [6.07, 6.45) is -1.49. The van der Waals surface area contributed by atoms with Crippen LogP contribution in [0.25, 0.3) is 0 Å². The molecule has 0 saturated carbocycles. The van der Waals surface area contributed by atoms with E-state index in [-0.39, 0.29) is 30.6 Å². The lowest BCUT2D eigenvalue weighted by molar-refractivity contribution is -0.160. The normalized spacial score (nSPS) is 22.0. The van der Waals surface area contributed by atoms with Gasteiger partial charge in [-0.25, -0.2) is 9.78 Å². The van der Waals surface area contributed by atoms with Crippen molar-refractivity contribution in [3.05, 3.63) is 53.3 Å². The summed E-state index contributed by atoms with van der Waals surface area (Å²) in [7, 11) is 1.32. The molecule has 0 spiro atoms. The van der Waals surface area contributed by atoms with E-state index in [9.17, 15) is 27.9 Å². The van der Waals surface area contributed by atoms with Gasteiger partial charge in [0.05, 0.1) is 32.0 Å². The van der Waals surface area contributed by atoms with Gasteiger partial charge in [-0.1, -0.05) is 31.9 Å². The Bertz CT molecular complexity index is 1130. The molecular formula is C28H35F3N2O7. The van der Waals surface area contributed by atoms with Crippen LogP contribution in [-0.4, -0.2) is 67.1 Å². The number of aromatic nitrogens is 1. The monoisotopic (exact) mass is 568 g/mol. The predicted octanol–water partition coefficient (Wildman–Crippen LogP) is 4.31. The molecule has 0 radical (unpaired) electrons. The fraction of sp³-hybridized carbons (Fsp3) is 0.536. The van der Waals surface area contributed by atoms with E-state index >= 15 is 0 Å². The number of halogens is 3.